The smallest absolute Gasteiger partial charge is 0.223 e. The maximum Gasteiger partial charge on any atom is 0.223 e. The molecule has 134 valence electrons. The van der Waals surface area contributed by atoms with Gasteiger partial charge in [-0.05, 0) is 23.5 Å². The molecule has 1 aromatic heterocycles. The van der Waals surface area contributed by atoms with Crippen molar-refractivity contribution in [2.45, 2.75) is 45.6 Å². The first-order valence-corrected chi connectivity index (χ1v) is 8.81. The molecule has 0 bridgehead atoms. The second-order valence-electron chi connectivity index (χ2n) is 6.77. The summed E-state index contributed by atoms with van der Waals surface area (Å²) in [6.45, 7) is 7.68. The molecule has 1 amide bonds. The Hall–Kier alpha value is -2.21. The number of aryl methyl sites for hydroxylation is 2. The Kier molecular flexibility index (Phi) is 5.48. The van der Waals surface area contributed by atoms with Crippen LogP contribution in [0.2, 0.25) is 0 Å². The highest BCUT2D eigenvalue weighted by molar-refractivity contribution is 5.76. The standard InChI is InChI=1S/C19H25N3O3/c1-13(2)16-7-4-15(5-8-16)6-9-18(23)22-10-11-24-17(12-22)19-20-14(3)25-21-19/h4-5,7-8,13,17H,6,9-12H2,1-3H3. The van der Waals surface area contributed by atoms with Crippen molar-refractivity contribution in [2.75, 3.05) is 19.7 Å². The van der Waals surface area contributed by atoms with Gasteiger partial charge in [-0.3, -0.25) is 4.79 Å². The summed E-state index contributed by atoms with van der Waals surface area (Å²) in [4.78, 5) is 18.6. The minimum Gasteiger partial charge on any atom is -0.366 e. The Labute approximate surface area is 148 Å². The first-order chi connectivity index (χ1) is 12.0. The van der Waals surface area contributed by atoms with Gasteiger partial charge in [0.15, 0.2) is 0 Å². The molecule has 0 aliphatic carbocycles. The minimum absolute atomic E-state index is 0.140. The average molecular weight is 343 g/mol. The summed E-state index contributed by atoms with van der Waals surface area (Å²) in [6.07, 6.45) is 0.944. The lowest BCUT2D eigenvalue weighted by Gasteiger charge is -2.31. The molecule has 1 aromatic carbocycles. The van der Waals surface area contributed by atoms with E-state index in [1.165, 1.54) is 11.1 Å². The zero-order valence-electron chi connectivity index (χ0n) is 15.1. The molecule has 1 unspecified atom stereocenters. The highest BCUT2D eigenvalue weighted by atomic mass is 16.5. The highest BCUT2D eigenvalue weighted by Gasteiger charge is 2.28. The molecule has 25 heavy (non-hydrogen) atoms. The molecule has 3 rings (SSSR count). The van der Waals surface area contributed by atoms with Crippen molar-refractivity contribution >= 4 is 5.91 Å². The number of hydrogen-bond acceptors (Lipinski definition) is 5. The Bertz CT molecular complexity index is 709. The monoisotopic (exact) mass is 343 g/mol. The fourth-order valence-electron chi connectivity index (χ4n) is 2.96. The third-order valence-corrected chi connectivity index (χ3v) is 4.52. The first-order valence-electron chi connectivity index (χ1n) is 8.81. The lowest BCUT2D eigenvalue weighted by molar-refractivity contribution is -0.139. The maximum atomic E-state index is 12.5. The summed E-state index contributed by atoms with van der Waals surface area (Å²) in [7, 11) is 0. The van der Waals surface area contributed by atoms with E-state index >= 15 is 0 Å². The molecule has 2 heterocycles. The summed E-state index contributed by atoms with van der Waals surface area (Å²) in [5.74, 6) is 1.68. The number of rotatable bonds is 5. The van der Waals surface area contributed by atoms with Gasteiger partial charge >= 0.3 is 0 Å². The lowest BCUT2D eigenvalue weighted by Crippen LogP contribution is -2.42. The van der Waals surface area contributed by atoms with Gasteiger partial charge in [-0.25, -0.2) is 0 Å². The Morgan fingerprint density at radius 1 is 1.32 bits per heavy atom. The summed E-state index contributed by atoms with van der Waals surface area (Å²) in [5, 5.41) is 3.90. The Morgan fingerprint density at radius 3 is 2.72 bits per heavy atom. The van der Waals surface area contributed by atoms with E-state index in [1.807, 2.05) is 4.90 Å². The Morgan fingerprint density at radius 2 is 2.08 bits per heavy atom. The number of carbonyl (C=O) groups excluding carboxylic acids is 1. The van der Waals surface area contributed by atoms with Crippen LogP contribution in [-0.2, 0) is 16.0 Å². The predicted octanol–water partition coefficient (Wildman–Crippen LogP) is 3.03. The van der Waals surface area contributed by atoms with Crippen LogP contribution >= 0.6 is 0 Å². The number of nitrogens with zero attached hydrogens (tertiary/aromatic N) is 3. The second kappa shape index (κ2) is 7.78. The van der Waals surface area contributed by atoms with Gasteiger partial charge < -0.3 is 14.2 Å². The SMILES string of the molecule is Cc1nc(C2CN(C(=O)CCc3ccc(C(C)C)cc3)CCO2)no1. The van der Waals surface area contributed by atoms with Crippen molar-refractivity contribution in [1.29, 1.82) is 0 Å². The van der Waals surface area contributed by atoms with Crippen molar-refractivity contribution in [3.05, 3.63) is 47.1 Å². The van der Waals surface area contributed by atoms with Gasteiger partial charge in [0.25, 0.3) is 0 Å². The van der Waals surface area contributed by atoms with E-state index in [0.29, 0.717) is 43.8 Å². The largest absolute Gasteiger partial charge is 0.366 e. The number of hydrogen-bond donors (Lipinski definition) is 0. The lowest BCUT2D eigenvalue weighted by atomic mass is 10.00. The van der Waals surface area contributed by atoms with Gasteiger partial charge in [0.1, 0.15) is 6.10 Å². The number of benzene rings is 1. The summed E-state index contributed by atoms with van der Waals surface area (Å²) in [5.41, 5.74) is 2.51. The van der Waals surface area contributed by atoms with Gasteiger partial charge in [0, 0.05) is 19.9 Å². The molecule has 0 spiro atoms. The van der Waals surface area contributed by atoms with Crippen molar-refractivity contribution in [3.8, 4) is 0 Å². The van der Waals surface area contributed by atoms with Gasteiger partial charge in [-0.15, -0.1) is 0 Å². The molecule has 6 nitrogen and oxygen atoms in total. The first kappa shape index (κ1) is 17.6. The fourth-order valence-corrected chi connectivity index (χ4v) is 2.96. The zero-order chi connectivity index (χ0) is 17.8. The van der Waals surface area contributed by atoms with Crippen LogP contribution in [0.1, 0.15) is 55.1 Å². The molecule has 0 N–H and O–H groups in total. The van der Waals surface area contributed by atoms with Crippen LogP contribution in [0.4, 0.5) is 0 Å². The van der Waals surface area contributed by atoms with Crippen LogP contribution in [0.3, 0.4) is 0 Å². The average Bonchev–Trinajstić information content (AvgIpc) is 3.06. The van der Waals surface area contributed by atoms with E-state index in [2.05, 4.69) is 48.3 Å². The van der Waals surface area contributed by atoms with Gasteiger partial charge in [0.2, 0.25) is 17.6 Å². The fraction of sp³-hybridized carbons (Fsp3) is 0.526. The normalized spacial score (nSPS) is 17.9. The van der Waals surface area contributed by atoms with E-state index in [-0.39, 0.29) is 12.0 Å². The third kappa shape index (κ3) is 4.45. The van der Waals surface area contributed by atoms with Crippen molar-refractivity contribution in [1.82, 2.24) is 15.0 Å². The molecule has 2 aromatic rings. The molecule has 1 aliphatic rings. The zero-order valence-corrected chi connectivity index (χ0v) is 15.1. The molecular weight excluding hydrogens is 318 g/mol. The minimum atomic E-state index is -0.305. The van der Waals surface area contributed by atoms with Crippen molar-refractivity contribution in [3.63, 3.8) is 0 Å². The van der Waals surface area contributed by atoms with E-state index in [9.17, 15) is 4.79 Å². The van der Waals surface area contributed by atoms with E-state index in [4.69, 9.17) is 9.26 Å². The highest BCUT2D eigenvalue weighted by Crippen LogP contribution is 2.21. The van der Waals surface area contributed by atoms with Crippen molar-refractivity contribution in [2.24, 2.45) is 0 Å². The van der Waals surface area contributed by atoms with E-state index in [1.54, 1.807) is 6.92 Å². The van der Waals surface area contributed by atoms with E-state index in [0.717, 1.165) is 6.42 Å². The molecule has 1 fully saturated rings. The molecule has 1 saturated heterocycles. The Balaban J connectivity index is 1.53. The maximum absolute atomic E-state index is 12.5. The number of carbonyl (C=O) groups is 1. The molecule has 1 aliphatic heterocycles. The molecule has 6 heteroatoms. The van der Waals surface area contributed by atoms with Crippen LogP contribution in [0.15, 0.2) is 28.8 Å². The molecule has 0 radical (unpaired) electrons. The number of amides is 1. The van der Waals surface area contributed by atoms with Crippen LogP contribution in [-0.4, -0.2) is 40.6 Å². The van der Waals surface area contributed by atoms with Crippen LogP contribution in [0, 0.1) is 6.92 Å². The number of ether oxygens (including phenoxy) is 1. The van der Waals surface area contributed by atoms with Crippen molar-refractivity contribution < 1.29 is 14.1 Å². The summed E-state index contributed by atoms with van der Waals surface area (Å²) >= 11 is 0. The molecular formula is C19H25N3O3. The predicted molar refractivity (Wildman–Crippen MR) is 93.2 cm³/mol. The van der Waals surface area contributed by atoms with Gasteiger partial charge in [0.05, 0.1) is 13.2 Å². The van der Waals surface area contributed by atoms with Crippen LogP contribution < -0.4 is 0 Å². The van der Waals surface area contributed by atoms with Gasteiger partial charge in [-0.1, -0.05) is 43.3 Å². The summed E-state index contributed by atoms with van der Waals surface area (Å²) in [6, 6.07) is 8.53. The number of morpholine rings is 1. The summed E-state index contributed by atoms with van der Waals surface area (Å²) < 4.78 is 10.7. The van der Waals surface area contributed by atoms with Crippen LogP contribution in [0.5, 0.6) is 0 Å². The molecule has 0 saturated carbocycles. The van der Waals surface area contributed by atoms with Crippen LogP contribution in [0.25, 0.3) is 0 Å². The quantitative estimate of drug-likeness (QED) is 0.835. The molecule has 1 atom stereocenters. The third-order valence-electron chi connectivity index (χ3n) is 4.52. The van der Waals surface area contributed by atoms with E-state index < -0.39 is 0 Å². The second-order valence-corrected chi connectivity index (χ2v) is 6.77. The van der Waals surface area contributed by atoms with Gasteiger partial charge in [-0.2, -0.15) is 4.98 Å². The topological polar surface area (TPSA) is 68.5 Å². The number of aromatic nitrogens is 2.